The first-order chi connectivity index (χ1) is 6.27. The summed E-state index contributed by atoms with van der Waals surface area (Å²) in [5, 5.41) is 12.9. The lowest BCUT2D eigenvalue weighted by Crippen LogP contribution is -2.39. The Balaban J connectivity index is 2.30. The van der Waals surface area contributed by atoms with Crippen molar-refractivity contribution < 1.29 is 9.52 Å². The van der Waals surface area contributed by atoms with Crippen LogP contribution in [0.15, 0.2) is 16.5 Å². The molecule has 72 valence electrons. The van der Waals surface area contributed by atoms with Crippen LogP contribution < -0.4 is 5.32 Å². The van der Waals surface area contributed by atoms with Gasteiger partial charge in [-0.05, 0) is 43.1 Å². The fourth-order valence-corrected chi connectivity index (χ4v) is 1.95. The van der Waals surface area contributed by atoms with Crippen molar-refractivity contribution in [3.05, 3.63) is 23.1 Å². The summed E-state index contributed by atoms with van der Waals surface area (Å²) in [6.45, 7) is 0.968. The predicted octanol–water partition coefficient (Wildman–Crippen LogP) is 1.50. The Morgan fingerprint density at radius 1 is 1.62 bits per heavy atom. The van der Waals surface area contributed by atoms with Crippen molar-refractivity contribution in [2.75, 3.05) is 13.2 Å². The number of aliphatic hydroxyl groups excluding tert-OH is 1. The van der Waals surface area contributed by atoms with Crippen LogP contribution in [0.1, 0.15) is 18.6 Å². The van der Waals surface area contributed by atoms with Gasteiger partial charge in [-0.2, -0.15) is 0 Å². The van der Waals surface area contributed by atoms with Crippen LogP contribution in [-0.4, -0.2) is 18.3 Å². The molecule has 1 aromatic rings. The molecule has 2 heterocycles. The van der Waals surface area contributed by atoms with E-state index >= 15 is 0 Å². The largest absolute Gasteiger partial charge is 0.448 e. The normalized spacial score (nSPS) is 28.2. The number of hydrogen-bond donors (Lipinski definition) is 2. The molecular formula is C9H12ClNO2. The summed E-state index contributed by atoms with van der Waals surface area (Å²) in [4.78, 5) is 0. The lowest BCUT2D eigenvalue weighted by molar-refractivity contribution is 0.156. The highest BCUT2D eigenvalue weighted by atomic mass is 35.5. The molecule has 0 aliphatic carbocycles. The van der Waals surface area contributed by atoms with E-state index in [1.807, 2.05) is 6.07 Å². The molecule has 1 fully saturated rings. The number of aliphatic hydroxyl groups is 1. The highest BCUT2D eigenvalue weighted by molar-refractivity contribution is 6.28. The number of nitrogens with one attached hydrogen (secondary N) is 1. The zero-order valence-electron chi connectivity index (χ0n) is 7.22. The average Bonchev–Trinajstić information content (AvgIpc) is 2.73. The number of halogens is 1. The van der Waals surface area contributed by atoms with E-state index in [-0.39, 0.29) is 6.61 Å². The third-order valence-electron chi connectivity index (χ3n) is 2.56. The van der Waals surface area contributed by atoms with Crippen LogP contribution in [0.25, 0.3) is 0 Å². The molecule has 1 unspecified atom stereocenters. The Morgan fingerprint density at radius 3 is 2.92 bits per heavy atom. The van der Waals surface area contributed by atoms with Gasteiger partial charge in [0.2, 0.25) is 0 Å². The van der Waals surface area contributed by atoms with Crippen LogP contribution in [0.5, 0.6) is 0 Å². The lowest BCUT2D eigenvalue weighted by Gasteiger charge is -2.24. The molecule has 3 nitrogen and oxygen atoms in total. The number of hydrogen-bond acceptors (Lipinski definition) is 3. The molecule has 0 bridgehead atoms. The highest BCUT2D eigenvalue weighted by Crippen LogP contribution is 2.32. The lowest BCUT2D eigenvalue weighted by atomic mass is 9.96. The summed E-state index contributed by atoms with van der Waals surface area (Å²) in [5.74, 6) is 0.734. The average molecular weight is 202 g/mol. The zero-order valence-corrected chi connectivity index (χ0v) is 7.97. The molecule has 0 saturated carbocycles. The van der Waals surface area contributed by atoms with E-state index in [2.05, 4.69) is 5.32 Å². The maximum Gasteiger partial charge on any atom is 0.193 e. The predicted molar refractivity (Wildman–Crippen MR) is 49.7 cm³/mol. The second-order valence-corrected chi connectivity index (χ2v) is 3.75. The van der Waals surface area contributed by atoms with Gasteiger partial charge < -0.3 is 14.8 Å². The van der Waals surface area contributed by atoms with E-state index in [4.69, 9.17) is 16.0 Å². The van der Waals surface area contributed by atoms with Crippen LogP contribution in [0.4, 0.5) is 0 Å². The molecule has 1 aliphatic heterocycles. The fourth-order valence-electron chi connectivity index (χ4n) is 1.80. The molecule has 0 radical (unpaired) electrons. The van der Waals surface area contributed by atoms with Crippen molar-refractivity contribution in [1.82, 2.24) is 5.32 Å². The van der Waals surface area contributed by atoms with Gasteiger partial charge in [-0.1, -0.05) is 0 Å². The third-order valence-corrected chi connectivity index (χ3v) is 2.76. The van der Waals surface area contributed by atoms with Crippen molar-refractivity contribution in [3.8, 4) is 0 Å². The monoisotopic (exact) mass is 201 g/mol. The SMILES string of the molecule is OCC1(c2ccc(Cl)o2)CCCN1. The molecule has 0 spiro atoms. The van der Waals surface area contributed by atoms with Crippen LogP contribution in [0, 0.1) is 0 Å². The van der Waals surface area contributed by atoms with Crippen molar-refractivity contribution in [3.63, 3.8) is 0 Å². The van der Waals surface area contributed by atoms with E-state index in [1.54, 1.807) is 6.07 Å². The summed E-state index contributed by atoms with van der Waals surface area (Å²) < 4.78 is 5.30. The molecular weight excluding hydrogens is 190 g/mol. The minimum atomic E-state index is -0.396. The molecule has 2 rings (SSSR count). The summed E-state index contributed by atoms with van der Waals surface area (Å²) in [5.41, 5.74) is -0.396. The Morgan fingerprint density at radius 2 is 2.46 bits per heavy atom. The second kappa shape index (κ2) is 3.33. The molecule has 4 heteroatoms. The van der Waals surface area contributed by atoms with Crippen LogP contribution in [0.3, 0.4) is 0 Å². The molecule has 0 aromatic carbocycles. The molecule has 1 aromatic heterocycles. The Kier molecular flexibility index (Phi) is 2.32. The van der Waals surface area contributed by atoms with Gasteiger partial charge in [0.15, 0.2) is 5.22 Å². The van der Waals surface area contributed by atoms with Gasteiger partial charge >= 0.3 is 0 Å². The van der Waals surface area contributed by atoms with Crippen molar-refractivity contribution in [2.45, 2.75) is 18.4 Å². The number of furan rings is 1. The van der Waals surface area contributed by atoms with E-state index < -0.39 is 5.54 Å². The molecule has 2 N–H and O–H groups in total. The van der Waals surface area contributed by atoms with Gasteiger partial charge in [0.05, 0.1) is 6.61 Å². The summed E-state index contributed by atoms with van der Waals surface area (Å²) in [6, 6.07) is 3.52. The van der Waals surface area contributed by atoms with E-state index in [0.717, 1.165) is 25.1 Å². The van der Waals surface area contributed by atoms with E-state index in [0.29, 0.717) is 5.22 Å². The Labute approximate surface area is 81.7 Å². The first-order valence-corrected chi connectivity index (χ1v) is 4.76. The van der Waals surface area contributed by atoms with Crippen LogP contribution >= 0.6 is 11.6 Å². The molecule has 0 amide bonds. The fraction of sp³-hybridized carbons (Fsp3) is 0.556. The second-order valence-electron chi connectivity index (χ2n) is 3.37. The molecule has 1 aliphatic rings. The topological polar surface area (TPSA) is 45.4 Å². The smallest absolute Gasteiger partial charge is 0.193 e. The number of rotatable bonds is 2. The van der Waals surface area contributed by atoms with Crippen molar-refractivity contribution in [2.24, 2.45) is 0 Å². The molecule has 1 atom stereocenters. The quantitative estimate of drug-likeness (QED) is 0.763. The maximum absolute atomic E-state index is 9.31. The van der Waals surface area contributed by atoms with Crippen LogP contribution in [0.2, 0.25) is 5.22 Å². The minimum absolute atomic E-state index is 0.0524. The van der Waals surface area contributed by atoms with Crippen molar-refractivity contribution in [1.29, 1.82) is 0 Å². The standard InChI is InChI=1S/C9H12ClNO2/c10-8-3-2-7(13-8)9(6-12)4-1-5-11-9/h2-3,11-12H,1,4-6H2. The molecule has 1 saturated heterocycles. The molecule has 13 heavy (non-hydrogen) atoms. The van der Waals surface area contributed by atoms with Gasteiger partial charge in [0.25, 0.3) is 0 Å². The first kappa shape index (κ1) is 9.06. The van der Waals surface area contributed by atoms with Gasteiger partial charge in [0, 0.05) is 0 Å². The minimum Gasteiger partial charge on any atom is -0.448 e. The Hall–Kier alpha value is -0.510. The van der Waals surface area contributed by atoms with Gasteiger partial charge in [-0.25, -0.2) is 0 Å². The summed E-state index contributed by atoms with van der Waals surface area (Å²) >= 11 is 5.68. The van der Waals surface area contributed by atoms with Gasteiger partial charge in [-0.15, -0.1) is 0 Å². The van der Waals surface area contributed by atoms with E-state index in [1.165, 1.54) is 0 Å². The van der Waals surface area contributed by atoms with Crippen LogP contribution in [-0.2, 0) is 5.54 Å². The summed E-state index contributed by atoms with van der Waals surface area (Å²) in [7, 11) is 0. The first-order valence-electron chi connectivity index (χ1n) is 4.38. The van der Waals surface area contributed by atoms with Gasteiger partial charge in [-0.3, -0.25) is 0 Å². The van der Waals surface area contributed by atoms with Crippen molar-refractivity contribution >= 4 is 11.6 Å². The zero-order chi connectivity index (χ0) is 9.31. The maximum atomic E-state index is 9.31. The highest BCUT2D eigenvalue weighted by Gasteiger charge is 2.37. The Bertz CT molecular complexity index is 292. The van der Waals surface area contributed by atoms with E-state index in [9.17, 15) is 5.11 Å². The van der Waals surface area contributed by atoms with Gasteiger partial charge in [0.1, 0.15) is 11.3 Å². The third kappa shape index (κ3) is 1.47. The summed E-state index contributed by atoms with van der Waals surface area (Å²) in [6.07, 6.45) is 1.95.